The van der Waals surface area contributed by atoms with E-state index < -0.39 is 0 Å². The summed E-state index contributed by atoms with van der Waals surface area (Å²) in [4.78, 5) is 15.0. The third-order valence-corrected chi connectivity index (χ3v) is 5.42. The Morgan fingerprint density at radius 2 is 1.86 bits per heavy atom. The zero-order chi connectivity index (χ0) is 14.8. The number of hydrogen-bond acceptors (Lipinski definition) is 2. The van der Waals surface area contributed by atoms with Crippen LogP contribution in [-0.2, 0) is 0 Å². The molecule has 0 spiro atoms. The van der Waals surface area contributed by atoms with Crippen LogP contribution in [0, 0.1) is 3.57 Å². The summed E-state index contributed by atoms with van der Waals surface area (Å²) in [5, 5.41) is 3.66. The van der Waals surface area contributed by atoms with Gasteiger partial charge in [0.2, 0.25) is 0 Å². The fourth-order valence-corrected chi connectivity index (χ4v) is 4.09. The van der Waals surface area contributed by atoms with Gasteiger partial charge in [0.25, 0.3) is 5.91 Å². The van der Waals surface area contributed by atoms with E-state index in [-0.39, 0.29) is 5.91 Å². The number of piperidine rings is 1. The molecule has 4 heteroatoms. The minimum Gasteiger partial charge on any atom is -0.336 e. The largest absolute Gasteiger partial charge is 0.336 e. The highest BCUT2D eigenvalue weighted by molar-refractivity contribution is 14.1. The molecule has 1 N–H and O–H groups in total. The topological polar surface area (TPSA) is 32.3 Å². The Labute approximate surface area is 140 Å². The van der Waals surface area contributed by atoms with Gasteiger partial charge in [-0.3, -0.25) is 4.79 Å². The van der Waals surface area contributed by atoms with E-state index in [4.69, 9.17) is 0 Å². The van der Waals surface area contributed by atoms with E-state index in [0.29, 0.717) is 18.1 Å². The Balaban J connectivity index is 1.77. The van der Waals surface area contributed by atoms with Crippen molar-refractivity contribution in [2.24, 2.45) is 0 Å². The summed E-state index contributed by atoms with van der Waals surface area (Å²) in [7, 11) is 0. The Bertz CT molecular complexity index is 490. The van der Waals surface area contributed by atoms with E-state index in [1.807, 2.05) is 24.3 Å². The third-order valence-electron chi connectivity index (χ3n) is 4.71. The molecule has 1 aromatic rings. The molecule has 1 aromatic carbocycles. The lowest BCUT2D eigenvalue weighted by Gasteiger charge is -2.38. The Hall–Kier alpha value is -0.620. The molecule has 2 atom stereocenters. The highest BCUT2D eigenvalue weighted by Gasteiger charge is 2.37. The normalized spacial score (nSPS) is 27.6. The first-order valence-corrected chi connectivity index (χ1v) is 9.08. The van der Waals surface area contributed by atoms with Crippen LogP contribution in [0.3, 0.4) is 0 Å². The molecule has 0 aromatic heterocycles. The maximum atomic E-state index is 12.9. The van der Waals surface area contributed by atoms with Gasteiger partial charge >= 0.3 is 0 Å². The molecular formula is C17H23IN2O. The molecule has 0 radical (unpaired) electrons. The SMILES string of the molecule is CCCN(C(=O)c1ccc(I)cc1)C1CC2CCC(C1)N2. The molecule has 3 nitrogen and oxygen atoms in total. The van der Waals surface area contributed by atoms with E-state index in [1.54, 1.807) is 0 Å². The maximum Gasteiger partial charge on any atom is 0.254 e. The molecule has 21 heavy (non-hydrogen) atoms. The monoisotopic (exact) mass is 398 g/mol. The molecule has 2 bridgehead atoms. The predicted molar refractivity (Wildman–Crippen MR) is 93.5 cm³/mol. The van der Waals surface area contributed by atoms with Crippen molar-refractivity contribution in [1.82, 2.24) is 10.2 Å². The molecule has 2 fully saturated rings. The number of halogens is 1. The van der Waals surface area contributed by atoms with Crippen LogP contribution in [0.4, 0.5) is 0 Å². The van der Waals surface area contributed by atoms with Gasteiger partial charge in [0.05, 0.1) is 0 Å². The Morgan fingerprint density at radius 1 is 1.24 bits per heavy atom. The van der Waals surface area contributed by atoms with Gasteiger partial charge in [0.15, 0.2) is 0 Å². The molecule has 2 aliphatic heterocycles. The van der Waals surface area contributed by atoms with Crippen molar-refractivity contribution in [3.63, 3.8) is 0 Å². The number of benzene rings is 1. The summed E-state index contributed by atoms with van der Waals surface area (Å²) < 4.78 is 1.17. The van der Waals surface area contributed by atoms with Crippen molar-refractivity contribution in [3.05, 3.63) is 33.4 Å². The minimum atomic E-state index is 0.208. The lowest BCUT2D eigenvalue weighted by atomic mass is 9.97. The van der Waals surface area contributed by atoms with Gasteiger partial charge in [0.1, 0.15) is 0 Å². The van der Waals surface area contributed by atoms with Crippen LogP contribution < -0.4 is 5.32 Å². The van der Waals surface area contributed by atoms with Crippen molar-refractivity contribution < 1.29 is 4.79 Å². The first-order chi connectivity index (χ1) is 10.2. The van der Waals surface area contributed by atoms with Crippen molar-refractivity contribution in [1.29, 1.82) is 0 Å². The standard InChI is InChI=1S/C17H23IN2O/c1-2-9-20(16-10-14-7-8-15(11-16)19-14)17(21)12-3-5-13(18)6-4-12/h3-6,14-16,19H,2,7-11H2,1H3. The Kier molecular flexibility index (Phi) is 4.84. The summed E-state index contributed by atoms with van der Waals surface area (Å²) in [6.45, 7) is 3.03. The fraction of sp³-hybridized carbons (Fsp3) is 0.588. The molecule has 0 aliphatic carbocycles. The molecule has 0 saturated carbocycles. The minimum absolute atomic E-state index is 0.208. The molecule has 2 aliphatic rings. The first-order valence-electron chi connectivity index (χ1n) is 8.00. The average molecular weight is 398 g/mol. The summed E-state index contributed by atoms with van der Waals surface area (Å²) in [5.41, 5.74) is 0.828. The number of nitrogens with one attached hydrogen (secondary N) is 1. The van der Waals surface area contributed by atoms with Crippen molar-refractivity contribution >= 4 is 28.5 Å². The first kappa shape index (κ1) is 15.3. The third kappa shape index (κ3) is 3.42. The van der Waals surface area contributed by atoms with Crippen LogP contribution in [0.5, 0.6) is 0 Å². The van der Waals surface area contributed by atoms with Gasteiger partial charge in [-0.1, -0.05) is 6.92 Å². The van der Waals surface area contributed by atoms with E-state index in [9.17, 15) is 4.79 Å². The van der Waals surface area contributed by atoms with Gasteiger partial charge in [-0.2, -0.15) is 0 Å². The zero-order valence-electron chi connectivity index (χ0n) is 12.5. The van der Waals surface area contributed by atoms with Crippen molar-refractivity contribution in [3.8, 4) is 0 Å². The van der Waals surface area contributed by atoms with E-state index in [1.165, 1.54) is 16.4 Å². The second-order valence-electron chi connectivity index (χ2n) is 6.27. The molecule has 2 unspecified atom stereocenters. The molecule has 3 rings (SSSR count). The predicted octanol–water partition coefficient (Wildman–Crippen LogP) is 3.43. The van der Waals surface area contributed by atoms with E-state index in [0.717, 1.165) is 31.4 Å². The van der Waals surface area contributed by atoms with Crippen LogP contribution >= 0.6 is 22.6 Å². The van der Waals surface area contributed by atoms with Crippen LogP contribution in [-0.4, -0.2) is 35.5 Å². The highest BCUT2D eigenvalue weighted by Crippen LogP contribution is 2.30. The van der Waals surface area contributed by atoms with Crippen molar-refractivity contribution in [2.45, 2.75) is 57.2 Å². The van der Waals surface area contributed by atoms with Gasteiger partial charge in [0, 0.05) is 33.8 Å². The highest BCUT2D eigenvalue weighted by atomic mass is 127. The number of hydrogen-bond donors (Lipinski definition) is 1. The zero-order valence-corrected chi connectivity index (χ0v) is 14.7. The van der Waals surface area contributed by atoms with Gasteiger partial charge in [-0.15, -0.1) is 0 Å². The lowest BCUT2D eigenvalue weighted by Crippen LogP contribution is -2.50. The number of carbonyl (C=O) groups is 1. The number of amides is 1. The average Bonchev–Trinajstić information content (AvgIpc) is 2.83. The van der Waals surface area contributed by atoms with Crippen LogP contribution in [0.25, 0.3) is 0 Å². The summed E-state index contributed by atoms with van der Waals surface area (Å²) in [5.74, 6) is 0.208. The summed E-state index contributed by atoms with van der Waals surface area (Å²) in [6, 6.07) is 9.62. The van der Waals surface area contributed by atoms with Gasteiger partial charge in [-0.05, 0) is 79.0 Å². The smallest absolute Gasteiger partial charge is 0.254 e. The molecular weight excluding hydrogens is 375 g/mol. The molecule has 114 valence electrons. The number of carbonyl (C=O) groups excluding carboxylic acids is 1. The Morgan fingerprint density at radius 3 is 2.43 bits per heavy atom. The van der Waals surface area contributed by atoms with Gasteiger partial charge < -0.3 is 10.2 Å². The van der Waals surface area contributed by atoms with Crippen LogP contribution in [0.1, 0.15) is 49.4 Å². The maximum absolute atomic E-state index is 12.9. The number of fused-ring (bicyclic) bond motifs is 2. The quantitative estimate of drug-likeness (QED) is 0.789. The lowest BCUT2D eigenvalue weighted by molar-refractivity contribution is 0.0616. The second kappa shape index (κ2) is 6.65. The summed E-state index contributed by atoms with van der Waals surface area (Å²) in [6.07, 6.45) is 5.81. The van der Waals surface area contributed by atoms with Gasteiger partial charge in [-0.25, -0.2) is 0 Å². The van der Waals surface area contributed by atoms with Crippen LogP contribution in [0.2, 0.25) is 0 Å². The van der Waals surface area contributed by atoms with Crippen molar-refractivity contribution in [2.75, 3.05) is 6.54 Å². The molecule has 1 amide bonds. The van der Waals surface area contributed by atoms with E-state index >= 15 is 0 Å². The summed E-state index contributed by atoms with van der Waals surface area (Å²) >= 11 is 2.28. The second-order valence-corrected chi connectivity index (χ2v) is 7.51. The fourth-order valence-electron chi connectivity index (χ4n) is 3.73. The molecule has 2 saturated heterocycles. The molecule has 2 heterocycles. The van der Waals surface area contributed by atoms with E-state index in [2.05, 4.69) is 39.7 Å². The number of rotatable bonds is 4. The number of nitrogens with zero attached hydrogens (tertiary/aromatic N) is 1. The van der Waals surface area contributed by atoms with Crippen LogP contribution in [0.15, 0.2) is 24.3 Å².